The van der Waals surface area contributed by atoms with Crippen LogP contribution in [0.15, 0.2) is 61.4 Å². The number of urea groups is 1. The second-order valence-electron chi connectivity index (χ2n) is 7.23. The maximum absolute atomic E-state index is 12.5. The van der Waals surface area contributed by atoms with Crippen molar-refractivity contribution in [2.75, 3.05) is 13.1 Å². The summed E-state index contributed by atoms with van der Waals surface area (Å²) in [5, 5.41) is 18.0. The van der Waals surface area contributed by atoms with Gasteiger partial charge in [0, 0.05) is 44.4 Å². The Morgan fingerprint density at radius 2 is 2.04 bits per heavy atom. The van der Waals surface area contributed by atoms with E-state index in [0.29, 0.717) is 39.0 Å². The predicted molar refractivity (Wildman–Crippen MR) is 104 cm³/mol. The third-order valence-electron chi connectivity index (χ3n) is 5.14. The highest BCUT2D eigenvalue weighted by atomic mass is 16.3. The fraction of sp³-hybridized carbons (Fsp3) is 0.350. The Hall–Kier alpha value is -3.13. The number of carbonyl (C=O) groups excluding carboxylic acids is 1. The zero-order valence-electron chi connectivity index (χ0n) is 15.6. The number of hydrogen-bond donors (Lipinski definition) is 2. The Balaban J connectivity index is 1.29. The van der Waals surface area contributed by atoms with E-state index in [1.165, 1.54) is 0 Å². The van der Waals surface area contributed by atoms with Crippen LogP contribution in [0.1, 0.15) is 18.4 Å². The molecule has 2 N–H and O–H groups in total. The summed E-state index contributed by atoms with van der Waals surface area (Å²) in [6, 6.07) is 9.69. The van der Waals surface area contributed by atoms with Crippen LogP contribution in [0, 0.1) is 0 Å². The second kappa shape index (κ2) is 7.85. The molecular formula is C20H24N6O2. The Labute approximate surface area is 163 Å². The van der Waals surface area contributed by atoms with Gasteiger partial charge < -0.3 is 19.9 Å². The lowest BCUT2D eigenvalue weighted by Crippen LogP contribution is -2.51. The van der Waals surface area contributed by atoms with Crippen molar-refractivity contribution in [3.63, 3.8) is 0 Å². The molecule has 3 heterocycles. The number of nitrogens with one attached hydrogen (secondary N) is 1. The number of aliphatic hydroxyl groups is 1. The largest absolute Gasteiger partial charge is 0.388 e. The molecule has 1 aliphatic heterocycles. The fourth-order valence-electron chi connectivity index (χ4n) is 3.52. The Morgan fingerprint density at radius 1 is 1.18 bits per heavy atom. The molecule has 0 atom stereocenters. The number of amides is 2. The van der Waals surface area contributed by atoms with E-state index in [4.69, 9.17) is 0 Å². The van der Waals surface area contributed by atoms with Crippen molar-refractivity contribution in [1.29, 1.82) is 0 Å². The maximum atomic E-state index is 12.5. The highest BCUT2D eigenvalue weighted by Gasteiger charge is 2.34. The lowest BCUT2D eigenvalue weighted by atomic mass is 9.91. The fourth-order valence-corrected chi connectivity index (χ4v) is 3.52. The van der Waals surface area contributed by atoms with Crippen molar-refractivity contribution < 1.29 is 9.90 Å². The summed E-state index contributed by atoms with van der Waals surface area (Å²) >= 11 is 0. The van der Waals surface area contributed by atoms with Crippen LogP contribution in [0.4, 0.5) is 4.79 Å². The Bertz CT molecular complexity index is 899. The van der Waals surface area contributed by atoms with Crippen LogP contribution < -0.4 is 5.32 Å². The SMILES string of the molecule is O=C(NCc1cccc(-n2cccn2)c1)N1CCC(O)(Cn2ccnc2)CC1. The van der Waals surface area contributed by atoms with Gasteiger partial charge in [-0.15, -0.1) is 0 Å². The normalized spacial score (nSPS) is 16.1. The van der Waals surface area contributed by atoms with Crippen LogP contribution in [0.25, 0.3) is 5.69 Å². The summed E-state index contributed by atoms with van der Waals surface area (Å²) in [5.74, 6) is 0. The van der Waals surface area contributed by atoms with Crippen LogP contribution in [-0.2, 0) is 13.1 Å². The summed E-state index contributed by atoms with van der Waals surface area (Å²) in [6.45, 7) is 2.02. The first kappa shape index (κ1) is 18.2. The minimum Gasteiger partial charge on any atom is -0.388 e. The molecular weight excluding hydrogens is 356 g/mol. The highest BCUT2D eigenvalue weighted by molar-refractivity contribution is 5.74. The third-order valence-corrected chi connectivity index (χ3v) is 5.14. The van der Waals surface area contributed by atoms with Crippen LogP contribution in [0.5, 0.6) is 0 Å². The van der Waals surface area contributed by atoms with E-state index in [1.807, 2.05) is 47.3 Å². The molecule has 4 rings (SSSR count). The Morgan fingerprint density at radius 3 is 2.75 bits per heavy atom. The summed E-state index contributed by atoms with van der Waals surface area (Å²) in [7, 11) is 0. The van der Waals surface area contributed by atoms with E-state index < -0.39 is 5.60 Å². The molecule has 0 aliphatic carbocycles. The zero-order valence-corrected chi connectivity index (χ0v) is 15.6. The molecule has 0 radical (unpaired) electrons. The van der Waals surface area contributed by atoms with E-state index in [2.05, 4.69) is 15.4 Å². The predicted octanol–water partition coefficient (Wildman–Crippen LogP) is 1.81. The lowest BCUT2D eigenvalue weighted by Gasteiger charge is -2.38. The van der Waals surface area contributed by atoms with Crippen molar-refractivity contribution in [3.8, 4) is 5.69 Å². The second-order valence-corrected chi connectivity index (χ2v) is 7.23. The van der Waals surface area contributed by atoms with E-state index in [9.17, 15) is 9.90 Å². The lowest BCUT2D eigenvalue weighted by molar-refractivity contribution is -0.0257. The van der Waals surface area contributed by atoms with Gasteiger partial charge >= 0.3 is 6.03 Å². The first-order valence-corrected chi connectivity index (χ1v) is 9.41. The van der Waals surface area contributed by atoms with Gasteiger partial charge in [-0.05, 0) is 36.6 Å². The van der Waals surface area contributed by atoms with Crippen LogP contribution >= 0.6 is 0 Å². The monoisotopic (exact) mass is 380 g/mol. The van der Waals surface area contributed by atoms with Gasteiger partial charge in [0.2, 0.25) is 0 Å². The molecule has 1 aliphatic rings. The van der Waals surface area contributed by atoms with Gasteiger partial charge in [0.1, 0.15) is 0 Å². The van der Waals surface area contributed by atoms with Crippen molar-refractivity contribution in [3.05, 3.63) is 67.0 Å². The molecule has 28 heavy (non-hydrogen) atoms. The summed E-state index contributed by atoms with van der Waals surface area (Å²) in [4.78, 5) is 18.3. The molecule has 0 spiro atoms. The first-order chi connectivity index (χ1) is 13.6. The van der Waals surface area contributed by atoms with Crippen molar-refractivity contribution in [1.82, 2.24) is 29.5 Å². The molecule has 2 aromatic heterocycles. The third kappa shape index (κ3) is 4.23. The number of aromatic nitrogens is 4. The van der Waals surface area contributed by atoms with Gasteiger partial charge in [-0.2, -0.15) is 5.10 Å². The molecule has 0 saturated carbocycles. The van der Waals surface area contributed by atoms with Crippen LogP contribution in [-0.4, -0.2) is 54.1 Å². The number of likely N-dealkylation sites (tertiary alicyclic amines) is 1. The van der Waals surface area contributed by atoms with E-state index in [1.54, 1.807) is 28.3 Å². The minimum atomic E-state index is -0.796. The van der Waals surface area contributed by atoms with E-state index >= 15 is 0 Å². The topological polar surface area (TPSA) is 88.2 Å². The zero-order chi connectivity index (χ0) is 19.4. The number of benzene rings is 1. The van der Waals surface area contributed by atoms with Gasteiger partial charge in [-0.1, -0.05) is 12.1 Å². The van der Waals surface area contributed by atoms with Crippen molar-refractivity contribution >= 4 is 6.03 Å². The smallest absolute Gasteiger partial charge is 0.317 e. The van der Waals surface area contributed by atoms with Gasteiger partial charge in [0.25, 0.3) is 0 Å². The molecule has 0 bridgehead atoms. The van der Waals surface area contributed by atoms with E-state index in [0.717, 1.165) is 11.3 Å². The number of rotatable bonds is 5. The first-order valence-electron chi connectivity index (χ1n) is 9.41. The van der Waals surface area contributed by atoms with Crippen LogP contribution in [0.3, 0.4) is 0 Å². The molecule has 3 aromatic rings. The molecule has 1 aromatic carbocycles. The Kier molecular flexibility index (Phi) is 5.12. The van der Waals surface area contributed by atoms with Gasteiger partial charge in [0.05, 0.1) is 24.2 Å². The molecule has 8 heteroatoms. The van der Waals surface area contributed by atoms with Gasteiger partial charge in [-0.25, -0.2) is 14.5 Å². The molecule has 1 fully saturated rings. The molecule has 2 amide bonds. The standard InChI is InChI=1S/C20H24N6O2/c27-19(22-14-17-3-1-4-18(13-17)26-9-2-7-23-26)25-10-5-20(28,6-11-25)15-24-12-8-21-16-24/h1-4,7-9,12-13,16,28H,5-6,10-11,14-15H2,(H,22,27). The molecule has 146 valence electrons. The quantitative estimate of drug-likeness (QED) is 0.707. The molecule has 1 saturated heterocycles. The molecule has 8 nitrogen and oxygen atoms in total. The number of imidazole rings is 1. The van der Waals surface area contributed by atoms with E-state index in [-0.39, 0.29) is 6.03 Å². The van der Waals surface area contributed by atoms with Crippen LogP contribution in [0.2, 0.25) is 0 Å². The van der Waals surface area contributed by atoms with Crippen molar-refractivity contribution in [2.45, 2.75) is 31.5 Å². The van der Waals surface area contributed by atoms with Gasteiger partial charge in [-0.3, -0.25) is 0 Å². The maximum Gasteiger partial charge on any atom is 0.317 e. The number of nitrogens with zero attached hydrogens (tertiary/aromatic N) is 5. The molecule has 0 unspecified atom stereocenters. The summed E-state index contributed by atoms with van der Waals surface area (Å²) < 4.78 is 3.67. The average Bonchev–Trinajstić information content (AvgIpc) is 3.41. The number of carbonyl (C=O) groups is 1. The summed E-state index contributed by atoms with van der Waals surface area (Å²) in [6.07, 6.45) is 9.96. The van der Waals surface area contributed by atoms with Crippen molar-refractivity contribution in [2.24, 2.45) is 0 Å². The number of piperidine rings is 1. The highest BCUT2D eigenvalue weighted by Crippen LogP contribution is 2.24. The number of hydrogen-bond acceptors (Lipinski definition) is 4. The van der Waals surface area contributed by atoms with Gasteiger partial charge in [0.15, 0.2) is 0 Å². The average molecular weight is 380 g/mol. The summed E-state index contributed by atoms with van der Waals surface area (Å²) in [5.41, 5.74) is 1.17. The minimum absolute atomic E-state index is 0.103.